The molecule has 2 heteroatoms. The fraction of sp³-hybridized carbons (Fsp3) is 0.348. The third kappa shape index (κ3) is 3.84. The molecule has 0 unspecified atom stereocenters. The molecular weight excluding hydrogens is 304 g/mol. The molecule has 1 aliphatic rings. The molecule has 0 amide bonds. The van der Waals surface area contributed by atoms with E-state index in [1.807, 2.05) is 0 Å². The first-order valence-corrected chi connectivity index (χ1v) is 9.46. The third-order valence-corrected chi connectivity index (χ3v) is 4.99. The topological polar surface area (TPSA) is 38.4 Å². The molecular formula is C23H28N2. The van der Waals surface area contributed by atoms with Crippen LogP contribution < -0.4 is 5.73 Å². The minimum atomic E-state index is 0.897. The lowest BCUT2D eigenvalue weighted by molar-refractivity contribution is 0.912. The van der Waals surface area contributed by atoms with E-state index in [-0.39, 0.29) is 0 Å². The van der Waals surface area contributed by atoms with Gasteiger partial charge in [0.05, 0.1) is 5.69 Å². The Morgan fingerprint density at radius 1 is 1.12 bits per heavy atom. The van der Waals surface area contributed by atoms with Gasteiger partial charge >= 0.3 is 0 Å². The Morgan fingerprint density at radius 2 is 1.96 bits per heavy atom. The number of aliphatic imine (C=N–C) groups is 1. The summed E-state index contributed by atoms with van der Waals surface area (Å²) in [5.74, 6) is 0. The summed E-state index contributed by atoms with van der Waals surface area (Å²) in [5, 5.41) is 0. The Balaban J connectivity index is 1.97. The molecule has 130 valence electrons. The van der Waals surface area contributed by atoms with Crippen molar-refractivity contribution in [1.29, 1.82) is 0 Å². The number of hydrogen-bond donors (Lipinski definition) is 1. The molecule has 0 saturated heterocycles. The van der Waals surface area contributed by atoms with Crippen LogP contribution in [-0.4, -0.2) is 5.71 Å². The molecule has 0 bridgehead atoms. The molecule has 0 spiro atoms. The van der Waals surface area contributed by atoms with Crippen molar-refractivity contribution in [3.63, 3.8) is 0 Å². The first kappa shape index (κ1) is 17.5. The van der Waals surface area contributed by atoms with Gasteiger partial charge < -0.3 is 5.73 Å². The lowest BCUT2D eigenvalue weighted by Crippen LogP contribution is -2.03. The Kier molecular flexibility index (Phi) is 5.70. The number of allylic oxidation sites excluding steroid dienone is 1. The molecule has 2 nitrogen and oxygen atoms in total. The summed E-state index contributed by atoms with van der Waals surface area (Å²) in [6.07, 6.45) is 8.35. The molecule has 1 aliphatic carbocycles. The van der Waals surface area contributed by atoms with Crippen LogP contribution in [0, 0.1) is 0 Å². The molecule has 0 aliphatic heterocycles. The fourth-order valence-electron chi connectivity index (χ4n) is 3.76. The van der Waals surface area contributed by atoms with E-state index >= 15 is 0 Å². The second-order valence-corrected chi connectivity index (χ2v) is 6.70. The van der Waals surface area contributed by atoms with Crippen LogP contribution in [-0.2, 0) is 12.8 Å². The maximum Gasteiger partial charge on any atom is 0.0639 e. The number of fused-ring (bicyclic) bond motifs is 1. The zero-order valence-corrected chi connectivity index (χ0v) is 15.4. The minimum Gasteiger partial charge on any atom is -0.404 e. The Morgan fingerprint density at radius 3 is 2.72 bits per heavy atom. The van der Waals surface area contributed by atoms with Crippen molar-refractivity contribution in [3.8, 4) is 11.1 Å². The highest BCUT2D eigenvalue weighted by Crippen LogP contribution is 2.34. The number of benzene rings is 2. The van der Waals surface area contributed by atoms with E-state index in [0.29, 0.717) is 0 Å². The maximum absolute atomic E-state index is 5.83. The molecule has 0 saturated carbocycles. The lowest BCUT2D eigenvalue weighted by Gasteiger charge is -2.11. The van der Waals surface area contributed by atoms with E-state index in [0.717, 1.165) is 36.2 Å². The molecule has 0 fully saturated rings. The van der Waals surface area contributed by atoms with Crippen LogP contribution in [0.15, 0.2) is 59.2 Å². The molecule has 0 radical (unpaired) electrons. The van der Waals surface area contributed by atoms with Gasteiger partial charge in [0.15, 0.2) is 0 Å². The number of nitrogens with two attached hydrogens (primary N) is 1. The van der Waals surface area contributed by atoms with Gasteiger partial charge in [0.2, 0.25) is 0 Å². The van der Waals surface area contributed by atoms with Gasteiger partial charge in [-0.15, -0.1) is 0 Å². The molecule has 0 aromatic heterocycles. The van der Waals surface area contributed by atoms with E-state index in [2.05, 4.69) is 56.3 Å². The molecule has 25 heavy (non-hydrogen) atoms. The third-order valence-electron chi connectivity index (χ3n) is 4.99. The summed E-state index contributed by atoms with van der Waals surface area (Å²) in [6, 6.07) is 15.3. The van der Waals surface area contributed by atoms with E-state index in [1.165, 1.54) is 41.5 Å². The zero-order valence-electron chi connectivity index (χ0n) is 15.4. The summed E-state index contributed by atoms with van der Waals surface area (Å²) in [7, 11) is 0. The van der Waals surface area contributed by atoms with E-state index < -0.39 is 0 Å². The number of aryl methyl sites for hydroxylation is 1. The predicted octanol–water partition coefficient (Wildman–Crippen LogP) is 5.97. The van der Waals surface area contributed by atoms with Gasteiger partial charge in [0, 0.05) is 5.71 Å². The molecule has 2 aromatic rings. The van der Waals surface area contributed by atoms with E-state index in [1.54, 1.807) is 6.20 Å². The average molecular weight is 332 g/mol. The van der Waals surface area contributed by atoms with Crippen molar-refractivity contribution in [2.45, 2.75) is 52.4 Å². The van der Waals surface area contributed by atoms with Crippen LogP contribution in [0.2, 0.25) is 0 Å². The van der Waals surface area contributed by atoms with Crippen LogP contribution >= 0.6 is 0 Å². The first-order valence-electron chi connectivity index (χ1n) is 9.46. The number of hydrogen-bond acceptors (Lipinski definition) is 2. The average Bonchev–Trinajstić information content (AvgIpc) is 3.13. The number of rotatable bonds is 6. The van der Waals surface area contributed by atoms with Crippen LogP contribution in [0.3, 0.4) is 0 Å². The highest BCUT2D eigenvalue weighted by atomic mass is 14.7. The maximum atomic E-state index is 5.83. The quantitative estimate of drug-likeness (QED) is 0.650. The standard InChI is InChI=1S/C23H28N2/c1-3-8-19(16-24)23(4-2)25-20-12-5-11-18(15-20)22-14-7-10-17-9-6-13-21(17)22/h5,7,10-12,14-16H,3-4,6,8-9,13,24H2,1-2H3. The largest absolute Gasteiger partial charge is 0.404 e. The Labute approximate surface area is 151 Å². The number of nitrogens with zero attached hydrogens (tertiary/aromatic N) is 1. The van der Waals surface area contributed by atoms with Gasteiger partial charge in [-0.3, -0.25) is 4.99 Å². The first-order chi connectivity index (χ1) is 12.3. The van der Waals surface area contributed by atoms with Crippen molar-refractivity contribution in [2.75, 3.05) is 0 Å². The van der Waals surface area contributed by atoms with Crippen molar-refractivity contribution >= 4 is 11.4 Å². The second-order valence-electron chi connectivity index (χ2n) is 6.70. The van der Waals surface area contributed by atoms with Gasteiger partial charge in [-0.25, -0.2) is 0 Å². The lowest BCUT2D eigenvalue weighted by atomic mass is 9.96. The van der Waals surface area contributed by atoms with Gasteiger partial charge in [-0.2, -0.15) is 0 Å². The van der Waals surface area contributed by atoms with Gasteiger partial charge in [0.25, 0.3) is 0 Å². The monoisotopic (exact) mass is 332 g/mol. The smallest absolute Gasteiger partial charge is 0.0639 e. The van der Waals surface area contributed by atoms with Crippen molar-refractivity contribution in [3.05, 3.63) is 65.4 Å². The fourth-order valence-corrected chi connectivity index (χ4v) is 3.76. The Bertz CT molecular complexity index is 799. The summed E-state index contributed by atoms with van der Waals surface area (Å²) in [4.78, 5) is 4.91. The molecule has 0 heterocycles. The highest BCUT2D eigenvalue weighted by molar-refractivity contribution is 6.01. The molecule has 2 aromatic carbocycles. The molecule has 3 rings (SSSR count). The Hall–Kier alpha value is -2.35. The summed E-state index contributed by atoms with van der Waals surface area (Å²) in [6.45, 7) is 4.32. The summed E-state index contributed by atoms with van der Waals surface area (Å²) in [5.41, 5.74) is 14.8. The van der Waals surface area contributed by atoms with E-state index in [9.17, 15) is 0 Å². The van der Waals surface area contributed by atoms with E-state index in [4.69, 9.17) is 10.7 Å². The van der Waals surface area contributed by atoms with Crippen molar-refractivity contribution in [1.82, 2.24) is 0 Å². The van der Waals surface area contributed by atoms with Gasteiger partial charge in [-0.1, -0.05) is 50.6 Å². The summed E-state index contributed by atoms with van der Waals surface area (Å²) >= 11 is 0. The van der Waals surface area contributed by atoms with Crippen LogP contribution in [0.4, 0.5) is 5.69 Å². The molecule has 2 N–H and O–H groups in total. The SMILES string of the molecule is CCCC(=CN)C(CC)=Nc1cccc(-c2cccc3c2CCC3)c1. The van der Waals surface area contributed by atoms with Gasteiger partial charge in [-0.05, 0) is 78.3 Å². The molecule has 0 atom stereocenters. The highest BCUT2D eigenvalue weighted by Gasteiger charge is 2.15. The van der Waals surface area contributed by atoms with Crippen LogP contribution in [0.5, 0.6) is 0 Å². The predicted molar refractivity (Wildman–Crippen MR) is 108 cm³/mol. The second kappa shape index (κ2) is 8.15. The van der Waals surface area contributed by atoms with Crippen LogP contribution in [0.1, 0.15) is 50.7 Å². The van der Waals surface area contributed by atoms with Gasteiger partial charge in [0.1, 0.15) is 0 Å². The minimum absolute atomic E-state index is 0.897. The van der Waals surface area contributed by atoms with Crippen molar-refractivity contribution in [2.24, 2.45) is 10.7 Å². The normalized spacial score (nSPS) is 14.6. The van der Waals surface area contributed by atoms with Crippen molar-refractivity contribution < 1.29 is 0 Å². The van der Waals surface area contributed by atoms with Crippen LogP contribution in [0.25, 0.3) is 11.1 Å². The summed E-state index contributed by atoms with van der Waals surface area (Å²) < 4.78 is 0. The zero-order chi connectivity index (χ0) is 17.6.